The number of carbonyl (C=O) groups excluding carboxylic acids is 1. The Morgan fingerprint density at radius 1 is 1.11 bits per heavy atom. The van der Waals surface area contributed by atoms with E-state index in [1.807, 2.05) is 48.7 Å². The van der Waals surface area contributed by atoms with Gasteiger partial charge in [0, 0.05) is 44.3 Å². The minimum Gasteiger partial charge on any atom is -0.465 e. The summed E-state index contributed by atoms with van der Waals surface area (Å²) in [6.45, 7) is 5.02. The fourth-order valence-corrected chi connectivity index (χ4v) is 5.19. The molecule has 2 saturated heterocycles. The average molecular weight is 492 g/mol. The summed E-state index contributed by atoms with van der Waals surface area (Å²) in [7, 11) is 1.40. The topological polar surface area (TPSA) is 71.9 Å². The van der Waals surface area contributed by atoms with Gasteiger partial charge in [-0.1, -0.05) is 18.2 Å². The van der Waals surface area contributed by atoms with E-state index in [2.05, 4.69) is 30.7 Å². The number of para-hydroxylation sites is 1. The Balaban J connectivity index is 1.54. The molecule has 9 heteroatoms. The van der Waals surface area contributed by atoms with Crippen LogP contribution in [0.4, 0.5) is 0 Å². The van der Waals surface area contributed by atoms with Crippen molar-refractivity contribution in [2.24, 2.45) is 0 Å². The number of thiocarbonyl (C=S) groups is 1. The molecule has 1 N–H and O–H groups in total. The van der Waals surface area contributed by atoms with E-state index in [1.54, 1.807) is 12.3 Å². The first-order valence-electron chi connectivity index (χ1n) is 11.8. The zero-order valence-electron chi connectivity index (χ0n) is 19.7. The van der Waals surface area contributed by atoms with Gasteiger partial charge in [0.1, 0.15) is 0 Å². The van der Waals surface area contributed by atoms with E-state index >= 15 is 0 Å². The van der Waals surface area contributed by atoms with E-state index in [1.165, 1.54) is 7.11 Å². The number of rotatable bonds is 7. The normalized spacial score (nSPS) is 20.6. The number of hydrogen-bond acceptors (Lipinski definition) is 6. The molecule has 0 aliphatic carbocycles. The second kappa shape index (κ2) is 10.6. The third kappa shape index (κ3) is 4.80. The Bertz CT molecular complexity index is 1180. The van der Waals surface area contributed by atoms with Crippen molar-refractivity contribution >= 4 is 23.3 Å². The second-order valence-electron chi connectivity index (χ2n) is 8.59. The zero-order valence-corrected chi connectivity index (χ0v) is 20.5. The minimum absolute atomic E-state index is 0.112. The number of esters is 1. The molecule has 4 heterocycles. The molecule has 0 radical (unpaired) electrons. The number of nitrogens with one attached hydrogen (secondary N) is 1. The van der Waals surface area contributed by atoms with Gasteiger partial charge in [0.25, 0.3) is 0 Å². The zero-order chi connectivity index (χ0) is 24.2. The van der Waals surface area contributed by atoms with Crippen molar-refractivity contribution < 1.29 is 14.3 Å². The Labute approximate surface area is 210 Å². The quantitative estimate of drug-likeness (QED) is 0.400. The lowest BCUT2D eigenvalue weighted by Gasteiger charge is -2.32. The number of hydrogen-bond donors (Lipinski definition) is 1. The van der Waals surface area contributed by atoms with E-state index in [9.17, 15) is 4.79 Å². The van der Waals surface area contributed by atoms with Gasteiger partial charge >= 0.3 is 5.97 Å². The number of carbonyl (C=O) groups is 1. The number of nitrogens with zero attached hydrogens (tertiary/aromatic N) is 4. The molecule has 5 rings (SSSR count). The molecule has 8 nitrogen and oxygen atoms in total. The number of aromatic nitrogens is 2. The SMILES string of the molecule is COC(=O)c1ccccc1-n1cccc1[C@H]1[C@H](c2ccccn2)NC(=S)N1CCN1CCOCC1. The van der Waals surface area contributed by atoms with Crippen LogP contribution >= 0.6 is 12.2 Å². The van der Waals surface area contributed by atoms with Crippen LogP contribution in [0.15, 0.2) is 67.0 Å². The standard InChI is InChI=1S/C26H29N5O3S/c1-33-25(32)19-7-2-3-9-21(19)30-12-6-10-22(30)24-23(20-8-4-5-11-27-20)28-26(35)31(24)14-13-29-15-17-34-18-16-29/h2-12,23-24H,13-18H2,1H3,(H,28,35)/t23-,24-/m0/s1. The van der Waals surface area contributed by atoms with E-state index < -0.39 is 0 Å². The largest absolute Gasteiger partial charge is 0.465 e. The number of ether oxygens (including phenoxy) is 2. The molecule has 2 fully saturated rings. The molecule has 182 valence electrons. The summed E-state index contributed by atoms with van der Waals surface area (Å²) in [6.07, 6.45) is 3.78. The van der Waals surface area contributed by atoms with E-state index in [4.69, 9.17) is 21.7 Å². The van der Waals surface area contributed by atoms with Gasteiger partial charge in [-0.05, 0) is 48.6 Å². The molecule has 2 atom stereocenters. The lowest BCUT2D eigenvalue weighted by Crippen LogP contribution is -2.42. The Morgan fingerprint density at radius 2 is 1.91 bits per heavy atom. The van der Waals surface area contributed by atoms with E-state index in [0.29, 0.717) is 10.7 Å². The summed E-state index contributed by atoms with van der Waals surface area (Å²) < 4.78 is 12.6. The third-order valence-corrected chi connectivity index (χ3v) is 6.96. The molecule has 1 aromatic carbocycles. The van der Waals surface area contributed by atoms with Crippen molar-refractivity contribution in [3.63, 3.8) is 0 Å². The third-order valence-electron chi connectivity index (χ3n) is 6.61. The van der Waals surface area contributed by atoms with Gasteiger partial charge in [-0.25, -0.2) is 4.79 Å². The first kappa shape index (κ1) is 23.5. The van der Waals surface area contributed by atoms with Crippen LogP contribution < -0.4 is 5.32 Å². The van der Waals surface area contributed by atoms with Gasteiger partial charge in [-0.15, -0.1) is 0 Å². The van der Waals surface area contributed by atoms with Crippen LogP contribution in [-0.4, -0.2) is 76.9 Å². The molecule has 35 heavy (non-hydrogen) atoms. The van der Waals surface area contributed by atoms with E-state index in [0.717, 1.165) is 56.5 Å². The molecule has 2 aromatic heterocycles. The molecule has 2 aliphatic rings. The maximum atomic E-state index is 12.5. The van der Waals surface area contributed by atoms with Gasteiger partial charge < -0.3 is 24.3 Å². The van der Waals surface area contributed by atoms with Gasteiger partial charge in [0.15, 0.2) is 5.11 Å². The molecular weight excluding hydrogens is 462 g/mol. The van der Waals surface area contributed by atoms with Crippen molar-refractivity contribution in [3.05, 3.63) is 83.9 Å². The monoisotopic (exact) mass is 491 g/mol. The summed E-state index contributed by atoms with van der Waals surface area (Å²) >= 11 is 5.84. The number of methoxy groups -OCH3 is 1. The highest BCUT2D eigenvalue weighted by Crippen LogP contribution is 2.39. The number of pyridine rings is 1. The highest BCUT2D eigenvalue weighted by atomic mass is 32.1. The van der Waals surface area contributed by atoms with Crippen LogP contribution in [0.25, 0.3) is 5.69 Å². The highest BCUT2D eigenvalue weighted by Gasteiger charge is 2.41. The highest BCUT2D eigenvalue weighted by molar-refractivity contribution is 7.80. The minimum atomic E-state index is -0.370. The van der Waals surface area contributed by atoms with Crippen molar-refractivity contribution in [2.75, 3.05) is 46.5 Å². The first-order valence-corrected chi connectivity index (χ1v) is 12.2. The van der Waals surface area contributed by atoms with Crippen LogP contribution in [0, 0.1) is 0 Å². The average Bonchev–Trinajstić information content (AvgIpc) is 3.52. The lowest BCUT2D eigenvalue weighted by atomic mass is 10.0. The lowest BCUT2D eigenvalue weighted by molar-refractivity contribution is 0.0349. The smallest absolute Gasteiger partial charge is 0.339 e. The molecule has 0 saturated carbocycles. The maximum Gasteiger partial charge on any atom is 0.339 e. The molecule has 0 spiro atoms. The van der Waals surface area contributed by atoms with Gasteiger partial charge in [-0.3, -0.25) is 9.88 Å². The van der Waals surface area contributed by atoms with E-state index in [-0.39, 0.29) is 18.1 Å². The van der Waals surface area contributed by atoms with Crippen LogP contribution in [0.5, 0.6) is 0 Å². The first-order chi connectivity index (χ1) is 17.2. The van der Waals surface area contributed by atoms with Crippen molar-refractivity contribution in [1.82, 2.24) is 24.7 Å². The second-order valence-corrected chi connectivity index (χ2v) is 8.97. The van der Waals surface area contributed by atoms with Gasteiger partial charge in [0.2, 0.25) is 0 Å². The van der Waals surface area contributed by atoms with Crippen LogP contribution in [0.1, 0.15) is 33.8 Å². The van der Waals surface area contributed by atoms with Crippen LogP contribution in [-0.2, 0) is 9.47 Å². The summed E-state index contributed by atoms with van der Waals surface area (Å²) in [5, 5.41) is 4.22. The van der Waals surface area contributed by atoms with Gasteiger partial charge in [-0.2, -0.15) is 0 Å². The Kier molecular flexibility index (Phi) is 7.08. The summed E-state index contributed by atoms with van der Waals surface area (Å²) in [6, 6.07) is 17.3. The molecule has 0 amide bonds. The predicted molar refractivity (Wildman–Crippen MR) is 137 cm³/mol. The molecular formula is C26H29N5O3S. The summed E-state index contributed by atoms with van der Waals surface area (Å²) in [4.78, 5) is 21.8. The summed E-state index contributed by atoms with van der Waals surface area (Å²) in [5.74, 6) is -0.370. The molecule has 0 bridgehead atoms. The van der Waals surface area contributed by atoms with Crippen molar-refractivity contribution in [1.29, 1.82) is 0 Å². The molecule has 2 aliphatic heterocycles. The molecule has 3 aromatic rings. The fraction of sp³-hybridized carbons (Fsp3) is 0.346. The van der Waals surface area contributed by atoms with Crippen LogP contribution in [0.2, 0.25) is 0 Å². The maximum absolute atomic E-state index is 12.5. The fourth-order valence-electron chi connectivity index (χ4n) is 4.86. The molecule has 0 unspecified atom stereocenters. The number of morpholine rings is 1. The van der Waals surface area contributed by atoms with Crippen molar-refractivity contribution in [3.8, 4) is 5.69 Å². The Morgan fingerprint density at radius 3 is 2.69 bits per heavy atom. The van der Waals surface area contributed by atoms with Crippen LogP contribution in [0.3, 0.4) is 0 Å². The Hall–Kier alpha value is -3.27. The van der Waals surface area contributed by atoms with Gasteiger partial charge in [0.05, 0.1) is 49.4 Å². The summed E-state index contributed by atoms with van der Waals surface area (Å²) in [5.41, 5.74) is 3.22. The number of benzene rings is 1. The predicted octanol–water partition coefficient (Wildman–Crippen LogP) is 2.96. The van der Waals surface area contributed by atoms with Crippen molar-refractivity contribution in [2.45, 2.75) is 12.1 Å².